The van der Waals surface area contributed by atoms with Crippen LogP contribution in [0.2, 0.25) is 0 Å². The molecule has 0 aliphatic heterocycles. The van der Waals surface area contributed by atoms with E-state index in [-0.39, 0.29) is 0 Å². The Hall–Kier alpha value is -1.68. The minimum Gasteiger partial charge on any atom is -0.497 e. The Labute approximate surface area is 105 Å². The lowest BCUT2D eigenvalue weighted by molar-refractivity contribution is 0.414. The van der Waals surface area contributed by atoms with Crippen LogP contribution in [0.15, 0.2) is 47.6 Å². The molecule has 1 aromatic carbocycles. The number of hydrogen-bond acceptors (Lipinski definition) is 4. The molecule has 0 fully saturated rings. The van der Waals surface area contributed by atoms with Crippen molar-refractivity contribution in [1.29, 1.82) is 0 Å². The van der Waals surface area contributed by atoms with Crippen LogP contribution in [-0.2, 0) is 5.75 Å². The van der Waals surface area contributed by atoms with Gasteiger partial charge in [0.05, 0.1) is 24.0 Å². The van der Waals surface area contributed by atoms with Gasteiger partial charge in [-0.05, 0) is 29.8 Å². The summed E-state index contributed by atoms with van der Waals surface area (Å²) in [5, 5.41) is 0.974. The first-order chi connectivity index (χ1) is 8.28. The Balaban J connectivity index is 1.99. The van der Waals surface area contributed by atoms with Gasteiger partial charge in [-0.15, -0.1) is 11.8 Å². The van der Waals surface area contributed by atoms with Gasteiger partial charge in [-0.25, -0.2) is 4.98 Å². The van der Waals surface area contributed by atoms with Gasteiger partial charge in [0.15, 0.2) is 0 Å². The Morgan fingerprint density at radius 1 is 1.29 bits per heavy atom. The maximum Gasteiger partial charge on any atom is 0.119 e. The predicted octanol–water partition coefficient (Wildman–Crippen LogP) is 2.96. The van der Waals surface area contributed by atoms with Gasteiger partial charge < -0.3 is 10.5 Å². The van der Waals surface area contributed by atoms with E-state index < -0.39 is 0 Å². The molecule has 4 heteroatoms. The lowest BCUT2D eigenvalue weighted by Gasteiger charge is -2.04. The molecule has 0 amide bonds. The third-order valence-corrected chi connectivity index (χ3v) is 3.30. The van der Waals surface area contributed by atoms with Crippen LogP contribution in [0.4, 0.5) is 5.69 Å². The second-order valence-corrected chi connectivity index (χ2v) is 4.57. The number of rotatable bonds is 4. The highest BCUT2D eigenvalue weighted by molar-refractivity contribution is 7.98. The number of pyridine rings is 1. The molecule has 0 saturated heterocycles. The second kappa shape index (κ2) is 5.59. The van der Waals surface area contributed by atoms with Crippen LogP contribution >= 0.6 is 11.8 Å². The van der Waals surface area contributed by atoms with Crippen molar-refractivity contribution in [2.45, 2.75) is 10.8 Å². The molecule has 2 N–H and O–H groups in total. The Bertz CT molecular complexity index is 485. The zero-order valence-corrected chi connectivity index (χ0v) is 10.4. The monoisotopic (exact) mass is 246 g/mol. The number of nitrogen functional groups attached to an aromatic ring is 1. The number of nitrogens with zero attached hydrogens (tertiary/aromatic N) is 1. The molecular formula is C13H14N2OS. The van der Waals surface area contributed by atoms with E-state index in [9.17, 15) is 0 Å². The highest BCUT2D eigenvalue weighted by Crippen LogP contribution is 2.23. The first-order valence-electron chi connectivity index (χ1n) is 5.25. The molecular weight excluding hydrogens is 232 g/mol. The van der Waals surface area contributed by atoms with E-state index >= 15 is 0 Å². The van der Waals surface area contributed by atoms with Crippen LogP contribution in [0.5, 0.6) is 5.75 Å². The molecule has 0 aliphatic carbocycles. The van der Waals surface area contributed by atoms with Crippen molar-refractivity contribution in [3.8, 4) is 5.75 Å². The topological polar surface area (TPSA) is 48.1 Å². The van der Waals surface area contributed by atoms with Crippen LogP contribution in [0.3, 0.4) is 0 Å². The maximum absolute atomic E-state index is 5.58. The average Bonchev–Trinajstić information content (AvgIpc) is 2.38. The molecule has 0 unspecified atom stereocenters. The SMILES string of the molecule is COc1cccc(CSc2ccc(N)cn2)c1. The number of hydrogen-bond donors (Lipinski definition) is 1. The van der Waals surface area contributed by atoms with Gasteiger partial charge >= 0.3 is 0 Å². The molecule has 0 saturated carbocycles. The molecule has 2 aromatic rings. The molecule has 0 aliphatic rings. The molecule has 17 heavy (non-hydrogen) atoms. The van der Waals surface area contributed by atoms with Crippen molar-refractivity contribution in [1.82, 2.24) is 4.98 Å². The highest BCUT2D eigenvalue weighted by atomic mass is 32.2. The fraction of sp³-hybridized carbons (Fsp3) is 0.154. The van der Waals surface area contributed by atoms with Crippen LogP contribution < -0.4 is 10.5 Å². The molecule has 88 valence electrons. The van der Waals surface area contributed by atoms with Gasteiger partial charge in [-0.2, -0.15) is 0 Å². The van der Waals surface area contributed by atoms with Crippen LogP contribution in [0.25, 0.3) is 0 Å². The third kappa shape index (κ3) is 3.39. The largest absolute Gasteiger partial charge is 0.497 e. The maximum atomic E-state index is 5.58. The normalized spacial score (nSPS) is 10.2. The number of aromatic nitrogens is 1. The summed E-state index contributed by atoms with van der Waals surface area (Å²) in [6.07, 6.45) is 1.67. The van der Waals surface area contributed by atoms with Crippen molar-refractivity contribution in [3.63, 3.8) is 0 Å². The quantitative estimate of drug-likeness (QED) is 0.843. The predicted molar refractivity (Wildman–Crippen MR) is 71.2 cm³/mol. The number of nitrogens with two attached hydrogens (primary N) is 1. The first-order valence-corrected chi connectivity index (χ1v) is 6.24. The van der Waals surface area contributed by atoms with Gasteiger partial charge in [-0.3, -0.25) is 0 Å². The van der Waals surface area contributed by atoms with Crippen molar-refractivity contribution in [2.24, 2.45) is 0 Å². The average molecular weight is 246 g/mol. The van der Waals surface area contributed by atoms with Crippen LogP contribution in [0, 0.1) is 0 Å². The van der Waals surface area contributed by atoms with Crippen molar-refractivity contribution >= 4 is 17.4 Å². The van der Waals surface area contributed by atoms with Crippen molar-refractivity contribution in [2.75, 3.05) is 12.8 Å². The second-order valence-electron chi connectivity index (χ2n) is 3.57. The minimum absolute atomic E-state index is 0.690. The van der Waals surface area contributed by atoms with Crippen molar-refractivity contribution in [3.05, 3.63) is 48.2 Å². The van der Waals surface area contributed by atoms with Gasteiger partial charge in [0.25, 0.3) is 0 Å². The van der Waals surface area contributed by atoms with Crippen LogP contribution in [-0.4, -0.2) is 12.1 Å². The minimum atomic E-state index is 0.690. The summed E-state index contributed by atoms with van der Waals surface area (Å²) in [7, 11) is 1.67. The number of thioether (sulfide) groups is 1. The Morgan fingerprint density at radius 3 is 2.88 bits per heavy atom. The van der Waals surface area contributed by atoms with E-state index in [1.807, 2.05) is 30.3 Å². The summed E-state index contributed by atoms with van der Waals surface area (Å²) in [5.74, 6) is 1.75. The lowest BCUT2D eigenvalue weighted by Crippen LogP contribution is -1.88. The standard InChI is InChI=1S/C13H14N2OS/c1-16-12-4-2-3-10(7-12)9-17-13-6-5-11(14)8-15-13/h2-8H,9,14H2,1H3. The lowest BCUT2D eigenvalue weighted by atomic mass is 10.2. The van der Waals surface area contributed by atoms with E-state index in [0.717, 1.165) is 16.5 Å². The fourth-order valence-corrected chi connectivity index (χ4v) is 2.18. The summed E-state index contributed by atoms with van der Waals surface area (Å²) in [6, 6.07) is 11.8. The molecule has 0 bridgehead atoms. The zero-order valence-electron chi connectivity index (χ0n) is 9.59. The molecule has 0 atom stereocenters. The van der Waals surface area contributed by atoms with E-state index in [4.69, 9.17) is 10.5 Å². The smallest absolute Gasteiger partial charge is 0.119 e. The molecule has 0 spiro atoms. The molecule has 2 rings (SSSR count). The summed E-state index contributed by atoms with van der Waals surface area (Å²) < 4.78 is 5.18. The van der Waals surface area contributed by atoms with Gasteiger partial charge in [-0.1, -0.05) is 12.1 Å². The van der Waals surface area contributed by atoms with Crippen LogP contribution in [0.1, 0.15) is 5.56 Å². The van der Waals surface area contributed by atoms with Gasteiger partial charge in [0.1, 0.15) is 5.75 Å². The molecule has 1 heterocycles. The van der Waals surface area contributed by atoms with Gasteiger partial charge in [0, 0.05) is 5.75 Å². The Kier molecular flexibility index (Phi) is 3.88. The van der Waals surface area contributed by atoms with Crippen molar-refractivity contribution < 1.29 is 4.74 Å². The number of ether oxygens (including phenoxy) is 1. The summed E-state index contributed by atoms with van der Waals surface area (Å²) in [6.45, 7) is 0. The Morgan fingerprint density at radius 2 is 2.18 bits per heavy atom. The highest BCUT2D eigenvalue weighted by Gasteiger charge is 1.99. The fourth-order valence-electron chi connectivity index (χ4n) is 1.40. The molecule has 3 nitrogen and oxygen atoms in total. The summed E-state index contributed by atoms with van der Waals surface area (Å²) in [5.41, 5.74) is 7.49. The number of anilines is 1. The number of methoxy groups -OCH3 is 1. The zero-order chi connectivity index (χ0) is 12.1. The van der Waals surface area contributed by atoms with E-state index in [1.165, 1.54) is 5.56 Å². The van der Waals surface area contributed by atoms with E-state index in [2.05, 4.69) is 11.1 Å². The molecule has 0 radical (unpaired) electrons. The number of benzene rings is 1. The summed E-state index contributed by atoms with van der Waals surface area (Å²) >= 11 is 1.68. The van der Waals surface area contributed by atoms with Gasteiger partial charge in [0.2, 0.25) is 0 Å². The molecule has 1 aromatic heterocycles. The first kappa shape index (κ1) is 11.8. The van der Waals surface area contributed by atoms with E-state index in [0.29, 0.717) is 5.69 Å². The third-order valence-electron chi connectivity index (χ3n) is 2.28. The summed E-state index contributed by atoms with van der Waals surface area (Å²) in [4.78, 5) is 4.24. The van der Waals surface area contributed by atoms with E-state index in [1.54, 1.807) is 25.1 Å².